The topological polar surface area (TPSA) is 53.0 Å². The Morgan fingerprint density at radius 1 is 1.04 bits per heavy atom. The zero-order chi connectivity index (χ0) is 18.1. The van der Waals surface area contributed by atoms with Gasteiger partial charge in [0.2, 0.25) is 0 Å². The number of nitrogens with zero attached hydrogens (tertiary/aromatic N) is 2. The van der Waals surface area contributed by atoms with Crippen molar-refractivity contribution in [3.63, 3.8) is 0 Å². The van der Waals surface area contributed by atoms with Crippen LogP contribution in [0.25, 0.3) is 0 Å². The normalized spacial score (nSPS) is 23.5. The van der Waals surface area contributed by atoms with Crippen molar-refractivity contribution in [2.75, 3.05) is 36.1 Å². The van der Waals surface area contributed by atoms with Crippen LogP contribution in [0.2, 0.25) is 5.02 Å². The number of benzene rings is 2. The third-order valence-corrected chi connectivity index (χ3v) is 5.26. The number of carbonyl (C=O) groups excluding carboxylic acids is 1. The van der Waals surface area contributed by atoms with Gasteiger partial charge in [-0.1, -0.05) is 23.7 Å². The molecule has 2 saturated heterocycles. The van der Waals surface area contributed by atoms with Crippen molar-refractivity contribution in [3.05, 3.63) is 59.1 Å². The van der Waals surface area contributed by atoms with Crippen molar-refractivity contribution in [2.45, 2.75) is 18.6 Å². The van der Waals surface area contributed by atoms with Gasteiger partial charge in [-0.25, -0.2) is 0 Å². The summed E-state index contributed by atoms with van der Waals surface area (Å²) in [5.41, 5.74) is 3.06. The summed E-state index contributed by atoms with van der Waals surface area (Å²) in [6.07, 6.45) is 0.314. The average Bonchev–Trinajstić information content (AvgIpc) is 3.05. The maximum Gasteiger partial charge on any atom is 0.253 e. The Morgan fingerprint density at radius 2 is 1.73 bits per heavy atom. The Bertz CT molecular complexity index is 779. The van der Waals surface area contributed by atoms with Crippen molar-refractivity contribution < 1.29 is 14.6 Å². The lowest BCUT2D eigenvalue weighted by Gasteiger charge is -2.29. The molecule has 26 heavy (non-hydrogen) atoms. The quantitative estimate of drug-likeness (QED) is 0.899. The van der Waals surface area contributed by atoms with Crippen LogP contribution < -0.4 is 9.80 Å². The highest BCUT2D eigenvalue weighted by atomic mass is 35.5. The molecule has 2 aromatic carbocycles. The predicted molar refractivity (Wildman–Crippen MR) is 102 cm³/mol. The minimum absolute atomic E-state index is 0.0110. The molecule has 5 nitrogen and oxygen atoms in total. The van der Waals surface area contributed by atoms with Gasteiger partial charge in [-0.05, 0) is 48.4 Å². The number of hydrogen-bond donors (Lipinski definition) is 1. The summed E-state index contributed by atoms with van der Waals surface area (Å²) in [7, 11) is 0. The van der Waals surface area contributed by atoms with Crippen LogP contribution >= 0.6 is 11.6 Å². The second-order valence-corrected chi connectivity index (χ2v) is 7.16. The van der Waals surface area contributed by atoms with Crippen LogP contribution in [0.3, 0.4) is 0 Å². The van der Waals surface area contributed by atoms with Gasteiger partial charge in [0, 0.05) is 29.5 Å². The number of aliphatic hydroxyl groups excluding tert-OH is 1. The van der Waals surface area contributed by atoms with Gasteiger partial charge < -0.3 is 19.6 Å². The van der Waals surface area contributed by atoms with E-state index in [-0.39, 0.29) is 24.7 Å². The zero-order valence-corrected chi connectivity index (χ0v) is 15.1. The molecule has 1 amide bonds. The second kappa shape index (κ2) is 7.27. The summed E-state index contributed by atoms with van der Waals surface area (Å²) in [5, 5.41) is 10.9. The maximum absolute atomic E-state index is 12.0. The van der Waals surface area contributed by atoms with E-state index in [1.165, 1.54) is 0 Å². The Labute approximate surface area is 157 Å². The molecule has 0 bridgehead atoms. The number of rotatable bonds is 3. The Morgan fingerprint density at radius 3 is 2.42 bits per heavy atom. The molecule has 6 heteroatoms. The van der Waals surface area contributed by atoms with Crippen LogP contribution in [-0.4, -0.2) is 43.4 Å². The van der Waals surface area contributed by atoms with Crippen molar-refractivity contribution in [3.8, 4) is 0 Å². The van der Waals surface area contributed by atoms with E-state index >= 15 is 0 Å². The Hall–Kier alpha value is -2.08. The number of halogens is 1. The third kappa shape index (κ3) is 3.43. The highest BCUT2D eigenvalue weighted by Gasteiger charge is 2.32. The molecule has 0 aliphatic carbocycles. The van der Waals surface area contributed by atoms with Crippen LogP contribution in [0.4, 0.5) is 11.4 Å². The molecule has 2 atom stereocenters. The number of aliphatic hydroxyl groups is 1. The highest BCUT2D eigenvalue weighted by molar-refractivity contribution is 6.30. The second-order valence-electron chi connectivity index (χ2n) is 6.72. The van der Waals surface area contributed by atoms with Gasteiger partial charge >= 0.3 is 0 Å². The van der Waals surface area contributed by atoms with E-state index in [1.54, 1.807) is 4.90 Å². The SMILES string of the molecule is O=C1COCCN1c1ccc(C2CC(O)CN2c2ccc(Cl)cc2)cc1. The molecule has 0 saturated carbocycles. The minimum Gasteiger partial charge on any atom is -0.391 e. The lowest BCUT2D eigenvalue weighted by Crippen LogP contribution is -2.41. The van der Waals surface area contributed by atoms with Crippen LogP contribution in [0.15, 0.2) is 48.5 Å². The largest absolute Gasteiger partial charge is 0.391 e. The van der Waals surface area contributed by atoms with Gasteiger partial charge in [-0.2, -0.15) is 0 Å². The van der Waals surface area contributed by atoms with Gasteiger partial charge in [0.15, 0.2) is 0 Å². The Balaban J connectivity index is 1.57. The summed E-state index contributed by atoms with van der Waals surface area (Å²) in [6.45, 7) is 1.88. The molecule has 2 unspecified atom stereocenters. The molecular weight excluding hydrogens is 352 g/mol. The van der Waals surface area contributed by atoms with E-state index in [0.717, 1.165) is 16.9 Å². The highest BCUT2D eigenvalue weighted by Crippen LogP contribution is 2.37. The van der Waals surface area contributed by atoms with Gasteiger partial charge in [0.1, 0.15) is 6.61 Å². The van der Waals surface area contributed by atoms with Gasteiger partial charge in [-0.15, -0.1) is 0 Å². The lowest BCUT2D eigenvalue weighted by atomic mass is 10.0. The first kappa shape index (κ1) is 17.3. The number of anilines is 2. The molecule has 2 fully saturated rings. The molecule has 4 rings (SSSR count). The molecule has 0 spiro atoms. The van der Waals surface area contributed by atoms with Gasteiger partial charge in [0.05, 0.1) is 18.8 Å². The van der Waals surface area contributed by atoms with Crippen molar-refractivity contribution >= 4 is 28.9 Å². The van der Waals surface area contributed by atoms with E-state index < -0.39 is 0 Å². The van der Waals surface area contributed by atoms with E-state index in [4.69, 9.17) is 16.3 Å². The first-order valence-corrected chi connectivity index (χ1v) is 9.18. The first-order chi connectivity index (χ1) is 12.6. The molecular formula is C20H21ClN2O3. The molecule has 2 aliphatic rings. The smallest absolute Gasteiger partial charge is 0.253 e. The van der Waals surface area contributed by atoms with E-state index in [0.29, 0.717) is 31.1 Å². The fraction of sp³-hybridized carbons (Fsp3) is 0.350. The van der Waals surface area contributed by atoms with E-state index in [2.05, 4.69) is 4.90 Å². The standard InChI is InChI=1S/C20H21ClN2O3/c21-15-3-7-17(8-4-15)23-12-18(24)11-19(23)14-1-5-16(6-2-14)22-9-10-26-13-20(22)25/h1-8,18-19,24H,9-13H2. The first-order valence-electron chi connectivity index (χ1n) is 8.80. The molecule has 2 aromatic rings. The molecule has 0 radical (unpaired) electrons. The summed E-state index contributed by atoms with van der Waals surface area (Å²) in [6, 6.07) is 15.8. The van der Waals surface area contributed by atoms with Crippen molar-refractivity contribution in [1.29, 1.82) is 0 Å². The maximum atomic E-state index is 12.0. The van der Waals surface area contributed by atoms with Gasteiger partial charge in [-0.3, -0.25) is 4.79 Å². The minimum atomic E-state index is -0.365. The molecule has 136 valence electrons. The number of hydrogen-bond acceptors (Lipinski definition) is 4. The van der Waals surface area contributed by atoms with Crippen LogP contribution in [0.5, 0.6) is 0 Å². The number of carbonyl (C=O) groups is 1. The fourth-order valence-electron chi connectivity index (χ4n) is 3.72. The molecule has 1 N–H and O–H groups in total. The predicted octanol–water partition coefficient (Wildman–Crippen LogP) is 3.02. The number of ether oxygens (including phenoxy) is 1. The van der Waals surface area contributed by atoms with Gasteiger partial charge in [0.25, 0.3) is 5.91 Å². The van der Waals surface area contributed by atoms with Crippen molar-refractivity contribution in [1.82, 2.24) is 0 Å². The third-order valence-electron chi connectivity index (χ3n) is 5.01. The summed E-state index contributed by atoms with van der Waals surface area (Å²) < 4.78 is 5.19. The average molecular weight is 373 g/mol. The lowest BCUT2D eigenvalue weighted by molar-refractivity contribution is -0.125. The number of morpholine rings is 1. The number of amides is 1. The van der Waals surface area contributed by atoms with Crippen LogP contribution in [0.1, 0.15) is 18.0 Å². The zero-order valence-electron chi connectivity index (χ0n) is 14.3. The Kier molecular flexibility index (Phi) is 4.85. The van der Waals surface area contributed by atoms with E-state index in [1.807, 2.05) is 48.5 Å². The summed E-state index contributed by atoms with van der Waals surface area (Å²) in [4.78, 5) is 16.0. The molecule has 2 heterocycles. The molecule has 2 aliphatic heterocycles. The van der Waals surface area contributed by atoms with E-state index in [9.17, 15) is 9.90 Å². The molecule has 0 aromatic heterocycles. The van der Waals surface area contributed by atoms with Crippen LogP contribution in [0, 0.1) is 0 Å². The fourth-order valence-corrected chi connectivity index (χ4v) is 3.84. The number of β-amino-alcohol motifs (C(OH)–C–C–N with tert-alkyl or cyclic N) is 1. The van der Waals surface area contributed by atoms with Crippen LogP contribution in [-0.2, 0) is 9.53 Å². The summed E-state index contributed by atoms with van der Waals surface area (Å²) >= 11 is 5.99. The van der Waals surface area contributed by atoms with Crippen molar-refractivity contribution in [2.24, 2.45) is 0 Å². The summed E-state index contributed by atoms with van der Waals surface area (Å²) in [5.74, 6) is -0.0110. The monoisotopic (exact) mass is 372 g/mol.